The third-order valence-electron chi connectivity index (χ3n) is 5.13. The highest BCUT2D eigenvalue weighted by Crippen LogP contribution is 2.41. The Morgan fingerprint density at radius 2 is 2.25 bits per heavy atom. The lowest BCUT2D eigenvalue weighted by Gasteiger charge is -2.44. The van der Waals surface area contributed by atoms with Crippen molar-refractivity contribution in [2.75, 3.05) is 26.3 Å². The van der Waals surface area contributed by atoms with E-state index >= 15 is 0 Å². The highest BCUT2D eigenvalue weighted by Gasteiger charge is 2.48. The highest BCUT2D eigenvalue weighted by atomic mass is 19.1. The average Bonchev–Trinajstić information content (AvgIpc) is 2.94. The number of amides is 1. The standard InChI is InChI=1S/C19H26FNO3/c1-14(2)23-12-15-6-5-9-19(15)13-21(10-11-24-19)18(22)16-7-3-4-8-17(16)20/h3-4,7-8,14-15H,5-6,9-13H2,1-2H3/t15-,19+/m0/s1. The zero-order chi connectivity index (χ0) is 17.2. The molecule has 2 fully saturated rings. The van der Waals surface area contributed by atoms with Crippen LogP contribution in [0.15, 0.2) is 24.3 Å². The number of nitrogens with zero attached hydrogens (tertiary/aromatic N) is 1. The Bertz CT molecular complexity index is 592. The summed E-state index contributed by atoms with van der Waals surface area (Å²) in [7, 11) is 0. The van der Waals surface area contributed by atoms with Crippen molar-refractivity contribution < 1.29 is 18.7 Å². The summed E-state index contributed by atoms with van der Waals surface area (Å²) in [6, 6.07) is 6.18. The molecule has 1 saturated carbocycles. The Labute approximate surface area is 142 Å². The van der Waals surface area contributed by atoms with E-state index in [9.17, 15) is 9.18 Å². The van der Waals surface area contributed by atoms with E-state index in [0.717, 1.165) is 19.3 Å². The molecule has 0 bridgehead atoms. The van der Waals surface area contributed by atoms with Crippen LogP contribution in [0, 0.1) is 11.7 Å². The second-order valence-corrected chi connectivity index (χ2v) is 7.09. The largest absolute Gasteiger partial charge is 0.378 e. The van der Waals surface area contributed by atoms with Gasteiger partial charge in [-0.25, -0.2) is 4.39 Å². The predicted octanol–water partition coefficient (Wildman–Crippen LogP) is 3.26. The summed E-state index contributed by atoms with van der Waals surface area (Å²) in [5.74, 6) is -0.420. The zero-order valence-corrected chi connectivity index (χ0v) is 14.5. The van der Waals surface area contributed by atoms with Crippen LogP contribution in [-0.2, 0) is 9.47 Å². The van der Waals surface area contributed by atoms with Gasteiger partial charge in [0.15, 0.2) is 0 Å². The fourth-order valence-electron chi connectivity index (χ4n) is 3.84. The number of ether oxygens (including phenoxy) is 2. The summed E-state index contributed by atoms with van der Waals surface area (Å²) in [5, 5.41) is 0. The Morgan fingerprint density at radius 3 is 3.00 bits per heavy atom. The molecule has 1 saturated heterocycles. The molecule has 0 unspecified atom stereocenters. The van der Waals surface area contributed by atoms with Crippen molar-refractivity contribution in [2.24, 2.45) is 5.92 Å². The number of carbonyl (C=O) groups is 1. The number of halogens is 1. The van der Waals surface area contributed by atoms with Crippen LogP contribution in [0.5, 0.6) is 0 Å². The molecule has 3 rings (SSSR count). The lowest BCUT2D eigenvalue weighted by atomic mass is 9.89. The maximum Gasteiger partial charge on any atom is 0.257 e. The van der Waals surface area contributed by atoms with Crippen LogP contribution in [0.1, 0.15) is 43.5 Å². The summed E-state index contributed by atoms with van der Waals surface area (Å²) in [4.78, 5) is 14.5. The highest BCUT2D eigenvalue weighted by molar-refractivity contribution is 5.94. The molecule has 4 nitrogen and oxygen atoms in total. The van der Waals surface area contributed by atoms with Gasteiger partial charge in [-0.05, 0) is 38.8 Å². The van der Waals surface area contributed by atoms with Crippen molar-refractivity contribution in [1.29, 1.82) is 0 Å². The number of benzene rings is 1. The molecule has 2 atom stereocenters. The molecular formula is C19H26FNO3. The molecule has 1 aliphatic carbocycles. The van der Waals surface area contributed by atoms with Crippen molar-refractivity contribution in [3.63, 3.8) is 0 Å². The van der Waals surface area contributed by atoms with Gasteiger partial charge in [0.2, 0.25) is 0 Å². The van der Waals surface area contributed by atoms with Gasteiger partial charge in [-0.2, -0.15) is 0 Å². The lowest BCUT2D eigenvalue weighted by molar-refractivity contribution is -0.136. The molecule has 1 amide bonds. The molecule has 0 aromatic heterocycles. The topological polar surface area (TPSA) is 38.8 Å². The van der Waals surface area contributed by atoms with E-state index in [4.69, 9.17) is 9.47 Å². The SMILES string of the molecule is CC(C)OC[C@@H]1CCC[C@@]12CN(C(=O)c1ccccc1F)CCO2. The minimum Gasteiger partial charge on any atom is -0.378 e. The summed E-state index contributed by atoms with van der Waals surface area (Å²) in [5.41, 5.74) is -0.198. The number of rotatable bonds is 4. The van der Waals surface area contributed by atoms with E-state index in [-0.39, 0.29) is 29.1 Å². The van der Waals surface area contributed by atoms with Gasteiger partial charge in [-0.15, -0.1) is 0 Å². The maximum atomic E-state index is 14.0. The van der Waals surface area contributed by atoms with Gasteiger partial charge in [0.1, 0.15) is 5.82 Å². The van der Waals surface area contributed by atoms with Crippen LogP contribution in [-0.4, -0.2) is 48.8 Å². The fraction of sp³-hybridized carbons (Fsp3) is 0.632. The fourth-order valence-corrected chi connectivity index (χ4v) is 3.84. The summed E-state index contributed by atoms with van der Waals surface area (Å²) < 4.78 is 25.9. The maximum absolute atomic E-state index is 14.0. The second-order valence-electron chi connectivity index (χ2n) is 7.09. The lowest BCUT2D eigenvalue weighted by Crippen LogP contribution is -2.56. The Morgan fingerprint density at radius 1 is 1.46 bits per heavy atom. The molecule has 2 aliphatic rings. The molecule has 1 aromatic carbocycles. The van der Waals surface area contributed by atoms with Crippen molar-refractivity contribution in [1.82, 2.24) is 4.90 Å². The van der Waals surface area contributed by atoms with Crippen molar-refractivity contribution in [3.8, 4) is 0 Å². The number of hydrogen-bond acceptors (Lipinski definition) is 3. The molecule has 1 heterocycles. The van der Waals surface area contributed by atoms with Gasteiger partial charge < -0.3 is 14.4 Å². The first-order valence-electron chi connectivity index (χ1n) is 8.81. The molecular weight excluding hydrogens is 309 g/mol. The van der Waals surface area contributed by atoms with E-state index in [1.165, 1.54) is 6.07 Å². The van der Waals surface area contributed by atoms with Gasteiger partial charge in [0.05, 0.1) is 37.0 Å². The van der Waals surface area contributed by atoms with Crippen LogP contribution < -0.4 is 0 Å². The molecule has 0 radical (unpaired) electrons. The average molecular weight is 335 g/mol. The molecule has 132 valence electrons. The molecule has 1 spiro atoms. The van der Waals surface area contributed by atoms with Gasteiger partial charge in [0.25, 0.3) is 5.91 Å². The first-order chi connectivity index (χ1) is 11.5. The van der Waals surface area contributed by atoms with E-state index in [1.54, 1.807) is 23.1 Å². The number of hydrogen-bond donors (Lipinski definition) is 0. The Balaban J connectivity index is 1.74. The molecule has 1 aliphatic heterocycles. The van der Waals surface area contributed by atoms with Crippen LogP contribution >= 0.6 is 0 Å². The molecule has 24 heavy (non-hydrogen) atoms. The summed E-state index contributed by atoms with van der Waals surface area (Å²) in [6.45, 7) is 6.23. The van der Waals surface area contributed by atoms with Gasteiger partial charge in [-0.3, -0.25) is 4.79 Å². The van der Waals surface area contributed by atoms with Crippen molar-refractivity contribution in [3.05, 3.63) is 35.6 Å². The van der Waals surface area contributed by atoms with Crippen molar-refractivity contribution in [2.45, 2.75) is 44.8 Å². The Kier molecular flexibility index (Phi) is 5.21. The minimum absolute atomic E-state index is 0.141. The van der Waals surface area contributed by atoms with Crippen LogP contribution in [0.25, 0.3) is 0 Å². The van der Waals surface area contributed by atoms with Crippen LogP contribution in [0.2, 0.25) is 0 Å². The Hall–Kier alpha value is -1.46. The molecule has 0 N–H and O–H groups in total. The first kappa shape index (κ1) is 17.4. The third-order valence-corrected chi connectivity index (χ3v) is 5.13. The third kappa shape index (κ3) is 3.47. The van der Waals surface area contributed by atoms with Gasteiger partial charge in [-0.1, -0.05) is 18.6 Å². The molecule has 5 heteroatoms. The van der Waals surface area contributed by atoms with E-state index in [0.29, 0.717) is 26.3 Å². The van der Waals surface area contributed by atoms with Gasteiger partial charge in [0, 0.05) is 12.5 Å². The smallest absolute Gasteiger partial charge is 0.257 e. The zero-order valence-electron chi connectivity index (χ0n) is 14.5. The molecule has 1 aromatic rings. The number of carbonyl (C=O) groups excluding carboxylic acids is 1. The minimum atomic E-state index is -0.464. The summed E-state index contributed by atoms with van der Waals surface area (Å²) in [6.07, 6.45) is 3.24. The number of morpholine rings is 1. The van der Waals surface area contributed by atoms with E-state index < -0.39 is 5.82 Å². The summed E-state index contributed by atoms with van der Waals surface area (Å²) >= 11 is 0. The van der Waals surface area contributed by atoms with Crippen LogP contribution in [0.4, 0.5) is 4.39 Å². The van der Waals surface area contributed by atoms with E-state index in [2.05, 4.69) is 0 Å². The van der Waals surface area contributed by atoms with Gasteiger partial charge >= 0.3 is 0 Å². The first-order valence-corrected chi connectivity index (χ1v) is 8.81. The van der Waals surface area contributed by atoms with Crippen LogP contribution in [0.3, 0.4) is 0 Å². The van der Waals surface area contributed by atoms with Crippen molar-refractivity contribution >= 4 is 5.91 Å². The quantitative estimate of drug-likeness (QED) is 0.848. The normalized spacial score (nSPS) is 27.2. The van der Waals surface area contributed by atoms with E-state index in [1.807, 2.05) is 13.8 Å². The predicted molar refractivity (Wildman–Crippen MR) is 89.4 cm³/mol. The second kappa shape index (κ2) is 7.19. The monoisotopic (exact) mass is 335 g/mol.